The van der Waals surface area contributed by atoms with Crippen LogP contribution in [0.15, 0.2) is 12.3 Å². The second-order valence-corrected chi connectivity index (χ2v) is 4.38. The highest BCUT2D eigenvalue weighted by Gasteiger charge is 2.08. The monoisotopic (exact) mass is 234 g/mol. The summed E-state index contributed by atoms with van der Waals surface area (Å²) in [5, 5.41) is 6.35. The van der Waals surface area contributed by atoms with Crippen LogP contribution >= 0.6 is 0 Å². The van der Waals surface area contributed by atoms with Gasteiger partial charge in [-0.3, -0.25) is 5.10 Å². The van der Waals surface area contributed by atoms with E-state index >= 15 is 0 Å². The quantitative estimate of drug-likeness (QED) is 0.526. The van der Waals surface area contributed by atoms with Gasteiger partial charge in [0.25, 0.3) is 10.2 Å². The topological polar surface area (TPSA) is 96.1 Å². The van der Waals surface area contributed by atoms with Crippen molar-refractivity contribution < 1.29 is 13.2 Å². The van der Waals surface area contributed by atoms with Crippen LogP contribution in [0.25, 0.3) is 0 Å². The van der Waals surface area contributed by atoms with E-state index in [9.17, 15) is 8.42 Å². The molecule has 15 heavy (non-hydrogen) atoms. The molecule has 0 atom stereocenters. The van der Waals surface area contributed by atoms with Crippen LogP contribution in [0.2, 0.25) is 0 Å². The first kappa shape index (κ1) is 12.1. The van der Waals surface area contributed by atoms with E-state index in [1.165, 1.54) is 7.11 Å². The standard InChI is InChI=1S/C7H14N4O3S/c1-14-5-4-9-15(12,13)10-6-7-2-3-8-11-7/h2-3,9-10H,4-6H2,1H3,(H,8,11). The summed E-state index contributed by atoms with van der Waals surface area (Å²) in [6.07, 6.45) is 1.56. The molecule has 0 unspecified atom stereocenters. The lowest BCUT2D eigenvalue weighted by Gasteiger charge is -2.06. The number of ether oxygens (including phenoxy) is 1. The molecule has 7 nitrogen and oxygen atoms in total. The van der Waals surface area contributed by atoms with Crippen molar-refractivity contribution in [3.05, 3.63) is 18.0 Å². The Morgan fingerprint density at radius 3 is 2.93 bits per heavy atom. The van der Waals surface area contributed by atoms with Gasteiger partial charge in [-0.25, -0.2) is 0 Å². The van der Waals surface area contributed by atoms with E-state index in [0.717, 1.165) is 0 Å². The van der Waals surface area contributed by atoms with Gasteiger partial charge in [0.05, 0.1) is 18.8 Å². The van der Waals surface area contributed by atoms with Gasteiger partial charge in [0.2, 0.25) is 0 Å². The van der Waals surface area contributed by atoms with Crippen LogP contribution in [-0.2, 0) is 21.5 Å². The summed E-state index contributed by atoms with van der Waals surface area (Å²) in [7, 11) is -1.95. The largest absolute Gasteiger partial charge is 0.383 e. The Morgan fingerprint density at radius 2 is 2.33 bits per heavy atom. The van der Waals surface area contributed by atoms with E-state index in [0.29, 0.717) is 12.3 Å². The summed E-state index contributed by atoms with van der Waals surface area (Å²) in [6.45, 7) is 0.766. The van der Waals surface area contributed by atoms with Crippen molar-refractivity contribution in [2.24, 2.45) is 0 Å². The van der Waals surface area contributed by atoms with Gasteiger partial charge in [-0.15, -0.1) is 0 Å². The van der Waals surface area contributed by atoms with Crippen molar-refractivity contribution in [2.45, 2.75) is 6.54 Å². The Bertz CT molecular complexity index is 362. The van der Waals surface area contributed by atoms with Gasteiger partial charge in [0.15, 0.2) is 0 Å². The summed E-state index contributed by atoms with van der Waals surface area (Å²) in [5.41, 5.74) is 0.701. The fourth-order valence-electron chi connectivity index (χ4n) is 0.885. The fraction of sp³-hybridized carbons (Fsp3) is 0.571. The number of aromatic nitrogens is 2. The molecule has 0 aliphatic heterocycles. The van der Waals surface area contributed by atoms with Gasteiger partial charge in [-0.05, 0) is 6.07 Å². The zero-order valence-electron chi connectivity index (χ0n) is 8.36. The van der Waals surface area contributed by atoms with Crippen LogP contribution in [0.5, 0.6) is 0 Å². The van der Waals surface area contributed by atoms with Gasteiger partial charge < -0.3 is 4.74 Å². The SMILES string of the molecule is COCCNS(=O)(=O)NCc1ccn[nH]1. The molecule has 0 radical (unpaired) electrons. The predicted molar refractivity (Wildman–Crippen MR) is 54.2 cm³/mol. The number of rotatable bonds is 7. The molecule has 1 aromatic rings. The van der Waals surface area contributed by atoms with Gasteiger partial charge in [-0.1, -0.05) is 0 Å². The maximum atomic E-state index is 11.3. The predicted octanol–water partition coefficient (Wildman–Crippen LogP) is -1.02. The van der Waals surface area contributed by atoms with Crippen molar-refractivity contribution in [1.82, 2.24) is 19.6 Å². The van der Waals surface area contributed by atoms with Crippen LogP contribution < -0.4 is 9.44 Å². The van der Waals surface area contributed by atoms with E-state index in [1.807, 2.05) is 0 Å². The molecule has 0 saturated carbocycles. The lowest BCUT2D eigenvalue weighted by molar-refractivity contribution is 0.204. The lowest BCUT2D eigenvalue weighted by atomic mass is 10.4. The first-order chi connectivity index (χ1) is 7.14. The summed E-state index contributed by atoms with van der Waals surface area (Å²) in [5.74, 6) is 0. The first-order valence-corrected chi connectivity index (χ1v) is 5.84. The highest BCUT2D eigenvalue weighted by atomic mass is 32.2. The Kier molecular flexibility index (Phi) is 4.69. The summed E-state index contributed by atoms with van der Waals surface area (Å²) < 4.78 is 32.0. The highest BCUT2D eigenvalue weighted by molar-refractivity contribution is 7.87. The molecular formula is C7H14N4O3S. The minimum Gasteiger partial charge on any atom is -0.383 e. The molecule has 0 amide bonds. The average molecular weight is 234 g/mol. The molecule has 0 fully saturated rings. The third kappa shape index (κ3) is 4.88. The number of methoxy groups -OCH3 is 1. The Balaban J connectivity index is 2.30. The van der Waals surface area contributed by atoms with Crippen molar-refractivity contribution in [3.8, 4) is 0 Å². The van der Waals surface area contributed by atoms with Crippen LogP contribution in [0.1, 0.15) is 5.69 Å². The molecule has 86 valence electrons. The average Bonchev–Trinajstić information content (AvgIpc) is 2.68. The lowest BCUT2D eigenvalue weighted by Crippen LogP contribution is -2.37. The number of aromatic amines is 1. The van der Waals surface area contributed by atoms with Crippen molar-refractivity contribution in [3.63, 3.8) is 0 Å². The number of nitrogens with one attached hydrogen (secondary N) is 3. The molecule has 0 aliphatic rings. The molecule has 0 bridgehead atoms. The smallest absolute Gasteiger partial charge is 0.277 e. The van der Waals surface area contributed by atoms with E-state index < -0.39 is 10.2 Å². The fourth-order valence-corrected chi connectivity index (χ4v) is 1.68. The number of nitrogens with zero attached hydrogens (tertiary/aromatic N) is 1. The second kappa shape index (κ2) is 5.81. The van der Waals surface area contributed by atoms with E-state index in [2.05, 4.69) is 19.6 Å². The summed E-state index contributed by atoms with van der Waals surface area (Å²) in [6, 6.07) is 1.69. The van der Waals surface area contributed by atoms with Crippen LogP contribution in [-0.4, -0.2) is 38.9 Å². The normalized spacial score (nSPS) is 11.8. The Morgan fingerprint density at radius 1 is 1.53 bits per heavy atom. The number of H-pyrrole nitrogens is 1. The molecule has 0 spiro atoms. The highest BCUT2D eigenvalue weighted by Crippen LogP contribution is 1.91. The third-order valence-electron chi connectivity index (χ3n) is 1.61. The van der Waals surface area contributed by atoms with Crippen LogP contribution in [0, 0.1) is 0 Å². The zero-order chi connectivity index (χ0) is 11.1. The Labute approximate surface area is 88.4 Å². The summed E-state index contributed by atoms with van der Waals surface area (Å²) in [4.78, 5) is 0. The molecule has 1 heterocycles. The molecule has 0 aliphatic carbocycles. The molecule has 0 saturated heterocycles. The zero-order valence-corrected chi connectivity index (χ0v) is 9.17. The van der Waals surface area contributed by atoms with E-state index in [4.69, 9.17) is 4.74 Å². The van der Waals surface area contributed by atoms with Crippen LogP contribution in [0.4, 0.5) is 0 Å². The first-order valence-electron chi connectivity index (χ1n) is 4.35. The van der Waals surface area contributed by atoms with E-state index in [1.54, 1.807) is 12.3 Å². The molecule has 1 rings (SSSR count). The van der Waals surface area contributed by atoms with Gasteiger partial charge in [0, 0.05) is 19.9 Å². The van der Waals surface area contributed by atoms with Crippen molar-refractivity contribution in [1.29, 1.82) is 0 Å². The second-order valence-electron chi connectivity index (χ2n) is 2.79. The Hall–Kier alpha value is -0.960. The number of hydrogen-bond acceptors (Lipinski definition) is 4. The summed E-state index contributed by atoms with van der Waals surface area (Å²) >= 11 is 0. The van der Waals surface area contributed by atoms with E-state index in [-0.39, 0.29) is 13.1 Å². The maximum Gasteiger partial charge on any atom is 0.277 e. The van der Waals surface area contributed by atoms with Gasteiger partial charge in [0.1, 0.15) is 0 Å². The van der Waals surface area contributed by atoms with Crippen molar-refractivity contribution >= 4 is 10.2 Å². The van der Waals surface area contributed by atoms with Gasteiger partial charge in [-0.2, -0.15) is 23.0 Å². The van der Waals surface area contributed by atoms with Crippen molar-refractivity contribution in [2.75, 3.05) is 20.3 Å². The molecular weight excluding hydrogens is 220 g/mol. The molecule has 0 aromatic carbocycles. The maximum absolute atomic E-state index is 11.3. The number of hydrogen-bond donors (Lipinski definition) is 3. The minimum absolute atomic E-state index is 0.183. The molecule has 3 N–H and O–H groups in total. The van der Waals surface area contributed by atoms with Gasteiger partial charge >= 0.3 is 0 Å². The van der Waals surface area contributed by atoms with Crippen LogP contribution in [0.3, 0.4) is 0 Å². The minimum atomic E-state index is -3.46. The molecule has 8 heteroatoms. The molecule has 1 aromatic heterocycles. The third-order valence-corrected chi connectivity index (χ3v) is 2.72.